The second kappa shape index (κ2) is 5.82. The van der Waals surface area contributed by atoms with E-state index in [1.807, 2.05) is 6.92 Å². The smallest absolute Gasteiger partial charge is 0.406 e. The van der Waals surface area contributed by atoms with Gasteiger partial charge in [-0.15, -0.1) is 13.2 Å². The first-order chi connectivity index (χ1) is 8.99. The Morgan fingerprint density at radius 3 is 2.32 bits per heavy atom. The maximum absolute atomic E-state index is 12.1. The zero-order valence-electron chi connectivity index (χ0n) is 10.8. The van der Waals surface area contributed by atoms with Gasteiger partial charge in [-0.05, 0) is 43.0 Å². The first-order valence-corrected chi connectivity index (χ1v) is 6.58. The molecule has 0 radical (unpaired) electrons. The Morgan fingerprint density at radius 2 is 1.89 bits per heavy atom. The zero-order valence-corrected chi connectivity index (χ0v) is 10.8. The molecule has 0 aliphatic heterocycles. The number of alkyl halides is 3. The predicted molar refractivity (Wildman–Crippen MR) is 66.9 cm³/mol. The summed E-state index contributed by atoms with van der Waals surface area (Å²) >= 11 is 0. The van der Waals surface area contributed by atoms with E-state index in [1.165, 1.54) is 31.4 Å². The molecule has 1 saturated carbocycles. The summed E-state index contributed by atoms with van der Waals surface area (Å²) in [5.41, 5.74) is 1.03. The summed E-state index contributed by atoms with van der Waals surface area (Å²) in [5, 5.41) is 3.41. The van der Waals surface area contributed by atoms with Crippen LogP contribution in [0.25, 0.3) is 0 Å². The molecule has 0 heterocycles. The number of halogens is 3. The van der Waals surface area contributed by atoms with E-state index in [0.29, 0.717) is 5.92 Å². The quantitative estimate of drug-likeness (QED) is 0.874. The normalized spacial score (nSPS) is 17.9. The summed E-state index contributed by atoms with van der Waals surface area (Å²) in [4.78, 5) is 0. The molecule has 5 heteroatoms. The van der Waals surface area contributed by atoms with E-state index in [9.17, 15) is 13.2 Å². The van der Waals surface area contributed by atoms with Gasteiger partial charge in [0.25, 0.3) is 0 Å². The first-order valence-electron chi connectivity index (χ1n) is 6.58. The summed E-state index contributed by atoms with van der Waals surface area (Å²) in [6.07, 6.45) is -1.03. The van der Waals surface area contributed by atoms with Crippen molar-refractivity contribution in [2.75, 3.05) is 6.54 Å². The molecule has 19 heavy (non-hydrogen) atoms. The molecule has 0 saturated heterocycles. The van der Waals surface area contributed by atoms with Crippen molar-refractivity contribution in [1.82, 2.24) is 5.32 Å². The van der Waals surface area contributed by atoms with E-state index >= 15 is 0 Å². The highest BCUT2D eigenvalue weighted by atomic mass is 19.4. The SMILES string of the molecule is CCNC(c1ccc(OC(F)(F)F)cc1)C1CCC1. The highest BCUT2D eigenvalue weighted by Crippen LogP contribution is 2.38. The van der Waals surface area contributed by atoms with Crippen LogP contribution in [0, 0.1) is 5.92 Å². The Bertz CT molecular complexity index is 398. The van der Waals surface area contributed by atoms with Crippen LogP contribution in [0.2, 0.25) is 0 Å². The van der Waals surface area contributed by atoms with Crippen LogP contribution in [0.1, 0.15) is 37.8 Å². The lowest BCUT2D eigenvalue weighted by Crippen LogP contribution is -2.32. The van der Waals surface area contributed by atoms with Gasteiger partial charge in [0.15, 0.2) is 0 Å². The fourth-order valence-electron chi connectivity index (χ4n) is 2.43. The minimum absolute atomic E-state index is 0.167. The van der Waals surface area contributed by atoms with Crippen molar-refractivity contribution < 1.29 is 17.9 Å². The minimum Gasteiger partial charge on any atom is -0.406 e. The molecule has 0 bridgehead atoms. The molecule has 2 rings (SSSR count). The zero-order chi connectivity index (χ0) is 13.9. The van der Waals surface area contributed by atoms with Crippen LogP contribution in [0.15, 0.2) is 24.3 Å². The van der Waals surface area contributed by atoms with Crippen molar-refractivity contribution in [1.29, 1.82) is 0 Å². The van der Waals surface area contributed by atoms with E-state index < -0.39 is 6.36 Å². The second-order valence-corrected chi connectivity index (χ2v) is 4.84. The highest BCUT2D eigenvalue weighted by Gasteiger charge is 2.31. The van der Waals surface area contributed by atoms with Crippen molar-refractivity contribution in [3.63, 3.8) is 0 Å². The monoisotopic (exact) mass is 273 g/mol. The van der Waals surface area contributed by atoms with E-state index in [-0.39, 0.29) is 11.8 Å². The van der Waals surface area contributed by atoms with Crippen LogP contribution < -0.4 is 10.1 Å². The maximum Gasteiger partial charge on any atom is 0.573 e. The second-order valence-electron chi connectivity index (χ2n) is 4.84. The van der Waals surface area contributed by atoms with Gasteiger partial charge in [0.1, 0.15) is 5.75 Å². The molecule has 1 N–H and O–H groups in total. The van der Waals surface area contributed by atoms with Gasteiger partial charge in [-0.3, -0.25) is 0 Å². The van der Waals surface area contributed by atoms with Gasteiger partial charge in [-0.25, -0.2) is 0 Å². The highest BCUT2D eigenvalue weighted by molar-refractivity contribution is 5.30. The molecule has 106 valence electrons. The Morgan fingerprint density at radius 1 is 1.26 bits per heavy atom. The molecule has 1 aliphatic carbocycles. The molecule has 0 aromatic heterocycles. The van der Waals surface area contributed by atoms with Crippen molar-refractivity contribution in [2.45, 2.75) is 38.6 Å². The van der Waals surface area contributed by atoms with Crippen molar-refractivity contribution in [3.8, 4) is 5.75 Å². The van der Waals surface area contributed by atoms with Gasteiger partial charge in [0.05, 0.1) is 0 Å². The largest absolute Gasteiger partial charge is 0.573 e. The predicted octanol–water partition coefficient (Wildman–Crippen LogP) is 4.04. The van der Waals surface area contributed by atoms with Gasteiger partial charge >= 0.3 is 6.36 Å². The Balaban J connectivity index is 2.06. The molecule has 1 atom stereocenters. The number of hydrogen-bond acceptors (Lipinski definition) is 2. The van der Waals surface area contributed by atoms with Crippen molar-refractivity contribution in [3.05, 3.63) is 29.8 Å². The summed E-state index contributed by atoms with van der Waals surface area (Å²) in [5.74, 6) is 0.425. The fraction of sp³-hybridized carbons (Fsp3) is 0.571. The summed E-state index contributed by atoms with van der Waals surface area (Å²) in [6.45, 7) is 2.88. The Kier molecular flexibility index (Phi) is 4.34. The Labute approximate surface area is 111 Å². The average molecular weight is 273 g/mol. The molecule has 1 aromatic carbocycles. The van der Waals surface area contributed by atoms with Crippen LogP contribution in [-0.2, 0) is 0 Å². The number of hydrogen-bond donors (Lipinski definition) is 1. The number of rotatable bonds is 5. The lowest BCUT2D eigenvalue weighted by Gasteiger charge is -2.34. The van der Waals surface area contributed by atoms with Crippen molar-refractivity contribution >= 4 is 0 Å². The van der Waals surface area contributed by atoms with E-state index in [1.54, 1.807) is 12.1 Å². The van der Waals surface area contributed by atoms with Crippen LogP contribution in [0.4, 0.5) is 13.2 Å². The van der Waals surface area contributed by atoms with Crippen molar-refractivity contribution in [2.24, 2.45) is 5.92 Å². The third kappa shape index (κ3) is 3.86. The van der Waals surface area contributed by atoms with E-state index in [2.05, 4.69) is 10.1 Å². The summed E-state index contributed by atoms with van der Waals surface area (Å²) in [6, 6.07) is 6.43. The summed E-state index contributed by atoms with van der Waals surface area (Å²) in [7, 11) is 0. The third-order valence-corrected chi connectivity index (χ3v) is 3.52. The van der Waals surface area contributed by atoms with Crippen LogP contribution >= 0.6 is 0 Å². The molecule has 2 nitrogen and oxygen atoms in total. The molecular formula is C14H18F3NO. The lowest BCUT2D eigenvalue weighted by atomic mass is 9.77. The van der Waals surface area contributed by atoms with Crippen LogP contribution in [0.5, 0.6) is 5.75 Å². The number of ether oxygens (including phenoxy) is 1. The van der Waals surface area contributed by atoms with E-state index in [0.717, 1.165) is 12.1 Å². The molecule has 1 aliphatic rings. The molecule has 1 unspecified atom stereocenters. The first kappa shape index (κ1) is 14.2. The van der Waals surface area contributed by atoms with Gasteiger partial charge in [-0.2, -0.15) is 0 Å². The van der Waals surface area contributed by atoms with Gasteiger partial charge < -0.3 is 10.1 Å². The lowest BCUT2D eigenvalue weighted by molar-refractivity contribution is -0.274. The fourth-order valence-corrected chi connectivity index (χ4v) is 2.43. The van der Waals surface area contributed by atoms with Crippen LogP contribution in [-0.4, -0.2) is 12.9 Å². The number of benzene rings is 1. The van der Waals surface area contributed by atoms with Crippen LogP contribution in [0.3, 0.4) is 0 Å². The van der Waals surface area contributed by atoms with Gasteiger partial charge in [0, 0.05) is 6.04 Å². The van der Waals surface area contributed by atoms with Gasteiger partial charge in [0.2, 0.25) is 0 Å². The maximum atomic E-state index is 12.1. The average Bonchev–Trinajstić information content (AvgIpc) is 2.25. The molecular weight excluding hydrogens is 255 g/mol. The molecule has 0 spiro atoms. The third-order valence-electron chi connectivity index (χ3n) is 3.52. The van der Waals surface area contributed by atoms with Gasteiger partial charge in [-0.1, -0.05) is 25.5 Å². The minimum atomic E-state index is -4.63. The summed E-state index contributed by atoms with van der Waals surface area (Å²) < 4.78 is 40.1. The number of nitrogens with one attached hydrogen (secondary N) is 1. The molecule has 1 aromatic rings. The topological polar surface area (TPSA) is 21.3 Å². The standard InChI is InChI=1S/C14H18F3NO/c1-2-18-13(10-4-3-5-10)11-6-8-12(9-7-11)19-14(15,16)17/h6-10,13,18H,2-5H2,1H3. The molecule has 0 amide bonds. The Hall–Kier alpha value is -1.23. The molecule has 1 fully saturated rings. The van der Waals surface area contributed by atoms with E-state index in [4.69, 9.17) is 0 Å².